The van der Waals surface area contributed by atoms with Gasteiger partial charge >= 0.3 is 11.8 Å². The molecule has 0 radical (unpaired) electrons. The lowest BCUT2D eigenvalue weighted by Crippen LogP contribution is -2.38. The molecule has 30 heavy (non-hydrogen) atoms. The van der Waals surface area contributed by atoms with Gasteiger partial charge in [-0.2, -0.15) is 5.10 Å². The van der Waals surface area contributed by atoms with Crippen molar-refractivity contribution >= 4 is 45.6 Å². The summed E-state index contributed by atoms with van der Waals surface area (Å²) in [5.41, 5.74) is 4.35. The standard InChI is InChI=1S/C21H21BrN4O4/c1-13-10-15(22)6-9-17(13)25-19(27)12-30-18-5-3-2-4-14(18)11-23-26-21(29)20(28)24-16-7-8-16/h2-6,9-11,16H,7-8,12H2,1H3,(H,24,28)(H,25,27)(H,26,29)/b23-11-. The molecule has 3 amide bonds. The smallest absolute Gasteiger partial charge is 0.329 e. The molecule has 2 aromatic rings. The van der Waals surface area contributed by atoms with Crippen molar-refractivity contribution in [3.63, 3.8) is 0 Å². The number of aryl methyl sites for hydroxylation is 1. The minimum atomic E-state index is -0.833. The van der Waals surface area contributed by atoms with Crippen LogP contribution in [-0.4, -0.2) is 36.6 Å². The predicted octanol–water partition coefficient (Wildman–Crippen LogP) is 2.50. The van der Waals surface area contributed by atoms with Crippen molar-refractivity contribution in [1.29, 1.82) is 0 Å². The first kappa shape index (κ1) is 21.5. The molecule has 0 bridgehead atoms. The highest BCUT2D eigenvalue weighted by Gasteiger charge is 2.26. The first-order chi connectivity index (χ1) is 14.4. The van der Waals surface area contributed by atoms with Gasteiger partial charge < -0.3 is 15.4 Å². The minimum absolute atomic E-state index is 0.0914. The molecule has 3 N–H and O–H groups in total. The van der Waals surface area contributed by atoms with Gasteiger partial charge in [0.15, 0.2) is 6.61 Å². The van der Waals surface area contributed by atoms with E-state index in [9.17, 15) is 14.4 Å². The van der Waals surface area contributed by atoms with E-state index < -0.39 is 11.8 Å². The molecule has 1 aliphatic rings. The Morgan fingerprint density at radius 3 is 2.67 bits per heavy atom. The largest absolute Gasteiger partial charge is 0.483 e. The van der Waals surface area contributed by atoms with Crippen molar-refractivity contribution in [3.8, 4) is 5.75 Å². The molecular weight excluding hydrogens is 452 g/mol. The fourth-order valence-electron chi connectivity index (χ4n) is 2.51. The maximum Gasteiger partial charge on any atom is 0.329 e. The van der Waals surface area contributed by atoms with Crippen molar-refractivity contribution in [2.45, 2.75) is 25.8 Å². The van der Waals surface area contributed by atoms with Crippen LogP contribution in [0.25, 0.3) is 0 Å². The summed E-state index contributed by atoms with van der Waals surface area (Å²) in [6.07, 6.45) is 3.14. The number of benzene rings is 2. The molecule has 0 spiro atoms. The van der Waals surface area contributed by atoms with Crippen molar-refractivity contribution in [3.05, 3.63) is 58.1 Å². The summed E-state index contributed by atoms with van der Waals surface area (Å²) in [6.45, 7) is 1.70. The summed E-state index contributed by atoms with van der Waals surface area (Å²) >= 11 is 3.38. The second-order valence-electron chi connectivity index (χ2n) is 6.78. The predicted molar refractivity (Wildman–Crippen MR) is 116 cm³/mol. The topological polar surface area (TPSA) is 109 Å². The lowest BCUT2D eigenvalue weighted by atomic mass is 10.2. The Bertz CT molecular complexity index is 989. The Kier molecular flexibility index (Phi) is 7.18. The van der Waals surface area contributed by atoms with Gasteiger partial charge in [0, 0.05) is 21.8 Å². The van der Waals surface area contributed by atoms with Gasteiger partial charge in [0.05, 0.1) is 6.21 Å². The summed E-state index contributed by atoms with van der Waals surface area (Å²) in [6, 6.07) is 12.6. The molecule has 2 aromatic carbocycles. The number of nitrogens with zero attached hydrogens (tertiary/aromatic N) is 1. The maximum absolute atomic E-state index is 12.2. The highest BCUT2D eigenvalue weighted by Crippen LogP contribution is 2.20. The number of anilines is 1. The van der Waals surface area contributed by atoms with Crippen LogP contribution in [0, 0.1) is 6.92 Å². The zero-order chi connectivity index (χ0) is 21.5. The van der Waals surface area contributed by atoms with Crippen LogP contribution >= 0.6 is 15.9 Å². The van der Waals surface area contributed by atoms with E-state index in [4.69, 9.17) is 4.74 Å². The number of nitrogens with one attached hydrogen (secondary N) is 3. The van der Waals surface area contributed by atoms with Crippen LogP contribution in [-0.2, 0) is 14.4 Å². The maximum atomic E-state index is 12.2. The molecule has 9 heteroatoms. The van der Waals surface area contributed by atoms with E-state index in [0.717, 1.165) is 22.9 Å². The fraction of sp³-hybridized carbons (Fsp3) is 0.238. The van der Waals surface area contributed by atoms with Gasteiger partial charge in [-0.15, -0.1) is 0 Å². The van der Waals surface area contributed by atoms with Crippen LogP contribution in [0.15, 0.2) is 52.0 Å². The van der Waals surface area contributed by atoms with Crippen LogP contribution in [0.1, 0.15) is 24.0 Å². The molecule has 156 valence electrons. The number of rotatable bonds is 7. The normalized spacial score (nSPS) is 13.0. The van der Waals surface area contributed by atoms with Crippen LogP contribution in [0.4, 0.5) is 5.69 Å². The van der Waals surface area contributed by atoms with Crippen molar-refractivity contribution in [2.24, 2.45) is 5.10 Å². The summed E-state index contributed by atoms with van der Waals surface area (Å²) in [5.74, 6) is -1.43. The molecule has 0 unspecified atom stereocenters. The SMILES string of the molecule is Cc1cc(Br)ccc1NC(=O)COc1ccccc1/C=N\NC(=O)C(=O)NC1CC1. The quantitative estimate of drug-likeness (QED) is 0.326. The van der Waals surface area contributed by atoms with Crippen molar-refractivity contribution < 1.29 is 19.1 Å². The summed E-state index contributed by atoms with van der Waals surface area (Å²) in [7, 11) is 0. The Morgan fingerprint density at radius 1 is 1.17 bits per heavy atom. The summed E-state index contributed by atoms with van der Waals surface area (Å²) in [4.78, 5) is 35.5. The number of carbonyl (C=O) groups is 3. The van der Waals surface area contributed by atoms with Crippen LogP contribution in [0.5, 0.6) is 5.75 Å². The summed E-state index contributed by atoms with van der Waals surface area (Å²) in [5, 5.41) is 9.17. The Balaban J connectivity index is 1.53. The van der Waals surface area contributed by atoms with E-state index in [1.165, 1.54) is 6.21 Å². The number of hydrogen-bond donors (Lipinski definition) is 3. The van der Waals surface area contributed by atoms with Gasteiger partial charge in [-0.3, -0.25) is 14.4 Å². The molecule has 8 nitrogen and oxygen atoms in total. The van der Waals surface area contributed by atoms with Crippen molar-refractivity contribution in [2.75, 3.05) is 11.9 Å². The second-order valence-corrected chi connectivity index (χ2v) is 7.70. The number of hydrogen-bond acceptors (Lipinski definition) is 5. The lowest BCUT2D eigenvalue weighted by Gasteiger charge is -2.11. The fourth-order valence-corrected chi connectivity index (χ4v) is 2.98. The molecule has 0 saturated heterocycles. The molecule has 1 aliphatic carbocycles. The number of hydrazone groups is 1. The van der Waals surface area contributed by atoms with E-state index in [0.29, 0.717) is 17.0 Å². The van der Waals surface area contributed by atoms with Crippen LogP contribution in [0.2, 0.25) is 0 Å². The van der Waals surface area contributed by atoms with E-state index in [1.807, 2.05) is 19.1 Å². The highest BCUT2D eigenvalue weighted by atomic mass is 79.9. The van der Waals surface area contributed by atoms with Crippen LogP contribution < -0.4 is 20.8 Å². The van der Waals surface area contributed by atoms with E-state index in [2.05, 4.69) is 37.1 Å². The monoisotopic (exact) mass is 472 g/mol. The van der Waals surface area contributed by atoms with Gasteiger partial charge in [0.1, 0.15) is 5.75 Å². The third-order valence-electron chi connectivity index (χ3n) is 4.23. The van der Waals surface area contributed by atoms with Crippen LogP contribution in [0.3, 0.4) is 0 Å². The van der Waals surface area contributed by atoms with Gasteiger partial charge in [-0.25, -0.2) is 5.43 Å². The zero-order valence-corrected chi connectivity index (χ0v) is 17.9. The van der Waals surface area contributed by atoms with Gasteiger partial charge in [-0.1, -0.05) is 28.1 Å². The number of amides is 3. The molecule has 0 aromatic heterocycles. The third kappa shape index (κ3) is 6.41. The van der Waals surface area contributed by atoms with E-state index in [-0.39, 0.29) is 18.6 Å². The lowest BCUT2D eigenvalue weighted by molar-refractivity contribution is -0.139. The van der Waals surface area contributed by atoms with E-state index in [1.54, 1.807) is 30.3 Å². The zero-order valence-electron chi connectivity index (χ0n) is 16.3. The molecule has 0 atom stereocenters. The summed E-state index contributed by atoms with van der Waals surface area (Å²) < 4.78 is 6.53. The van der Waals surface area contributed by atoms with Gasteiger partial charge in [-0.05, 0) is 55.7 Å². The molecule has 0 aliphatic heterocycles. The molecule has 3 rings (SSSR count). The van der Waals surface area contributed by atoms with Gasteiger partial charge in [0.25, 0.3) is 5.91 Å². The highest BCUT2D eigenvalue weighted by molar-refractivity contribution is 9.10. The Labute approximate surface area is 182 Å². The number of carbonyl (C=O) groups excluding carboxylic acids is 3. The number of para-hydroxylation sites is 1. The number of ether oxygens (including phenoxy) is 1. The molecule has 1 saturated carbocycles. The Hall–Kier alpha value is -3.20. The van der Waals surface area contributed by atoms with E-state index >= 15 is 0 Å². The average molecular weight is 473 g/mol. The number of halogens is 1. The molecule has 0 heterocycles. The van der Waals surface area contributed by atoms with Crippen molar-refractivity contribution in [1.82, 2.24) is 10.7 Å². The third-order valence-corrected chi connectivity index (χ3v) is 4.72. The Morgan fingerprint density at radius 2 is 1.93 bits per heavy atom. The minimum Gasteiger partial charge on any atom is -0.483 e. The average Bonchev–Trinajstić information content (AvgIpc) is 3.53. The molecule has 1 fully saturated rings. The first-order valence-corrected chi connectivity index (χ1v) is 10.1. The van der Waals surface area contributed by atoms with Gasteiger partial charge in [0.2, 0.25) is 0 Å². The second kappa shape index (κ2) is 10.0. The first-order valence-electron chi connectivity index (χ1n) is 9.34. The molecular formula is C21H21BrN4O4.